The second-order valence-electron chi connectivity index (χ2n) is 8.16. The van der Waals surface area contributed by atoms with E-state index in [2.05, 4.69) is 0 Å². The number of rotatable bonds is 1. The zero-order valence-electron chi connectivity index (χ0n) is 18.6. The summed E-state index contributed by atoms with van der Waals surface area (Å²) >= 11 is 0. The van der Waals surface area contributed by atoms with Crippen molar-refractivity contribution in [3.05, 3.63) is 59.7 Å². The van der Waals surface area contributed by atoms with Gasteiger partial charge in [-0.2, -0.15) is 0 Å². The Morgan fingerprint density at radius 3 is 1.25 bits per heavy atom. The Bertz CT molecular complexity index is 1030. The molecule has 0 saturated heterocycles. The number of nitrogens with zero attached hydrogens (tertiary/aromatic N) is 4. The van der Waals surface area contributed by atoms with Crippen LogP contribution in [0.25, 0.3) is 0 Å². The summed E-state index contributed by atoms with van der Waals surface area (Å²) in [6, 6.07) is 14.8. The smallest absolute Gasteiger partial charge is 0.225 e. The molecule has 8 nitrogen and oxygen atoms in total. The molecule has 0 N–H and O–H groups in total. The Morgan fingerprint density at radius 2 is 0.938 bits per heavy atom. The highest BCUT2D eigenvalue weighted by Gasteiger charge is 2.49. The van der Waals surface area contributed by atoms with E-state index in [4.69, 9.17) is 0 Å². The molecular weight excluding hydrogens is 408 g/mol. The number of amides is 4. The maximum atomic E-state index is 13.0. The third kappa shape index (κ3) is 3.41. The van der Waals surface area contributed by atoms with Gasteiger partial charge in [0.1, 0.15) is 0 Å². The molecule has 0 spiro atoms. The molecule has 0 fully saturated rings. The lowest BCUT2D eigenvalue weighted by atomic mass is 9.99. The Labute approximate surface area is 187 Å². The lowest BCUT2D eigenvalue weighted by molar-refractivity contribution is -0.143. The topological polar surface area (TPSA) is 81.2 Å². The summed E-state index contributed by atoms with van der Waals surface area (Å²) in [4.78, 5) is 57.7. The van der Waals surface area contributed by atoms with Gasteiger partial charge in [0.15, 0.2) is 12.3 Å². The predicted octanol–water partition coefficient (Wildman–Crippen LogP) is 2.47. The number of carbonyl (C=O) groups excluding carboxylic acids is 4. The summed E-state index contributed by atoms with van der Waals surface area (Å²) in [5.74, 6) is -1.05. The van der Waals surface area contributed by atoms with Crippen molar-refractivity contribution < 1.29 is 19.2 Å². The van der Waals surface area contributed by atoms with E-state index in [0.29, 0.717) is 11.4 Å². The van der Waals surface area contributed by atoms with E-state index in [1.54, 1.807) is 9.80 Å². The SMILES string of the molecule is CC(=O)N1Cc2ccccc2N(C(C)=O)C1C1N(C(C)=O)Cc2ccccc2N1C(C)=O. The predicted molar refractivity (Wildman–Crippen MR) is 119 cm³/mol. The molecule has 2 atom stereocenters. The van der Waals surface area contributed by atoms with Gasteiger partial charge in [-0.25, -0.2) is 0 Å². The van der Waals surface area contributed by atoms with Crippen LogP contribution in [-0.2, 0) is 32.3 Å². The Hall–Kier alpha value is -3.68. The molecule has 0 radical (unpaired) electrons. The molecule has 0 aromatic heterocycles. The van der Waals surface area contributed by atoms with E-state index in [1.807, 2.05) is 48.5 Å². The van der Waals surface area contributed by atoms with E-state index in [-0.39, 0.29) is 36.7 Å². The first kappa shape index (κ1) is 21.5. The van der Waals surface area contributed by atoms with Gasteiger partial charge in [-0.15, -0.1) is 0 Å². The van der Waals surface area contributed by atoms with Gasteiger partial charge < -0.3 is 9.80 Å². The summed E-state index contributed by atoms with van der Waals surface area (Å²) in [5, 5.41) is 0. The van der Waals surface area contributed by atoms with Crippen LogP contribution in [0.4, 0.5) is 11.4 Å². The van der Waals surface area contributed by atoms with Crippen LogP contribution in [0.2, 0.25) is 0 Å². The van der Waals surface area contributed by atoms with Gasteiger partial charge in [0, 0.05) is 40.8 Å². The first-order valence-corrected chi connectivity index (χ1v) is 10.5. The van der Waals surface area contributed by atoms with Crippen LogP contribution >= 0.6 is 0 Å². The van der Waals surface area contributed by atoms with Gasteiger partial charge in [0.25, 0.3) is 0 Å². The van der Waals surface area contributed by atoms with Crippen LogP contribution in [0.3, 0.4) is 0 Å². The number of para-hydroxylation sites is 2. The van der Waals surface area contributed by atoms with Crippen molar-refractivity contribution in [1.82, 2.24) is 9.80 Å². The summed E-state index contributed by atoms with van der Waals surface area (Å²) in [5.41, 5.74) is 3.00. The van der Waals surface area contributed by atoms with Crippen LogP contribution in [0.1, 0.15) is 38.8 Å². The molecule has 32 heavy (non-hydrogen) atoms. The molecule has 2 heterocycles. The second-order valence-corrected chi connectivity index (χ2v) is 8.16. The highest BCUT2D eigenvalue weighted by atomic mass is 16.2. The molecule has 2 aromatic carbocycles. The summed E-state index contributed by atoms with van der Waals surface area (Å²) in [6.07, 6.45) is -1.75. The normalized spacial score (nSPS) is 19.9. The zero-order chi connectivity index (χ0) is 23.2. The van der Waals surface area contributed by atoms with E-state index < -0.39 is 12.3 Å². The number of fused-ring (bicyclic) bond motifs is 2. The summed E-state index contributed by atoms with van der Waals surface area (Å²) < 4.78 is 0. The van der Waals surface area contributed by atoms with E-state index >= 15 is 0 Å². The fraction of sp³-hybridized carbons (Fsp3) is 0.333. The van der Waals surface area contributed by atoms with Crippen LogP contribution in [-0.4, -0.2) is 45.8 Å². The lowest BCUT2D eigenvalue weighted by Gasteiger charge is -2.54. The molecule has 0 saturated carbocycles. The van der Waals surface area contributed by atoms with Gasteiger partial charge in [-0.05, 0) is 23.3 Å². The quantitative estimate of drug-likeness (QED) is 0.691. The Kier molecular flexibility index (Phi) is 5.46. The van der Waals surface area contributed by atoms with Gasteiger partial charge in [-0.3, -0.25) is 29.0 Å². The van der Waals surface area contributed by atoms with Gasteiger partial charge in [0.05, 0.1) is 11.4 Å². The maximum absolute atomic E-state index is 13.0. The fourth-order valence-electron chi connectivity index (χ4n) is 4.77. The third-order valence-corrected chi connectivity index (χ3v) is 6.11. The van der Waals surface area contributed by atoms with Crippen molar-refractivity contribution >= 4 is 35.0 Å². The Morgan fingerprint density at radius 1 is 0.594 bits per heavy atom. The summed E-state index contributed by atoms with van der Waals surface area (Å²) in [7, 11) is 0. The van der Waals surface area contributed by atoms with Gasteiger partial charge in [0.2, 0.25) is 23.6 Å². The van der Waals surface area contributed by atoms with E-state index in [0.717, 1.165) is 11.1 Å². The van der Waals surface area contributed by atoms with Gasteiger partial charge in [-0.1, -0.05) is 36.4 Å². The molecule has 0 aliphatic carbocycles. The minimum atomic E-state index is -0.874. The molecule has 4 amide bonds. The number of hydrogen-bond acceptors (Lipinski definition) is 4. The molecule has 8 heteroatoms. The number of hydrogen-bond donors (Lipinski definition) is 0. The van der Waals surface area contributed by atoms with Crippen molar-refractivity contribution in [3.63, 3.8) is 0 Å². The average Bonchev–Trinajstić information content (AvgIpc) is 2.75. The molecule has 2 aliphatic rings. The number of benzene rings is 2. The third-order valence-electron chi connectivity index (χ3n) is 6.11. The molecular formula is C24H26N4O4. The second kappa shape index (κ2) is 8.11. The molecule has 2 aromatic rings. The van der Waals surface area contributed by atoms with Crippen molar-refractivity contribution in [2.24, 2.45) is 0 Å². The zero-order valence-corrected chi connectivity index (χ0v) is 18.6. The molecule has 166 valence electrons. The van der Waals surface area contributed by atoms with Crippen molar-refractivity contribution in [2.45, 2.75) is 53.1 Å². The lowest BCUT2D eigenvalue weighted by Crippen LogP contribution is -2.71. The number of anilines is 2. The maximum Gasteiger partial charge on any atom is 0.225 e. The summed E-state index contributed by atoms with van der Waals surface area (Å²) in [6.45, 7) is 6.28. The molecule has 2 unspecified atom stereocenters. The van der Waals surface area contributed by atoms with Crippen LogP contribution in [0.15, 0.2) is 48.5 Å². The standard InChI is InChI=1S/C24H26N4O4/c1-15(29)25-13-19-9-5-7-11-21(19)27(17(3)31)23(25)24-26(16(2)30)14-20-10-6-8-12-22(20)28(24)18(4)32/h5-12,23-24H,13-14H2,1-4H3. The Balaban J connectivity index is 1.97. The first-order valence-electron chi connectivity index (χ1n) is 10.5. The van der Waals surface area contributed by atoms with Crippen LogP contribution < -0.4 is 9.80 Å². The minimum Gasteiger partial charge on any atom is -0.314 e. The largest absolute Gasteiger partial charge is 0.314 e. The van der Waals surface area contributed by atoms with Crippen LogP contribution in [0.5, 0.6) is 0 Å². The van der Waals surface area contributed by atoms with Crippen LogP contribution in [0, 0.1) is 0 Å². The van der Waals surface area contributed by atoms with Crippen molar-refractivity contribution in [1.29, 1.82) is 0 Å². The highest BCUT2D eigenvalue weighted by Crippen LogP contribution is 2.39. The van der Waals surface area contributed by atoms with Crippen molar-refractivity contribution in [3.8, 4) is 0 Å². The minimum absolute atomic E-state index is 0.249. The first-order chi connectivity index (χ1) is 15.2. The number of carbonyl (C=O) groups is 4. The molecule has 4 rings (SSSR count). The van der Waals surface area contributed by atoms with Gasteiger partial charge >= 0.3 is 0 Å². The fourth-order valence-corrected chi connectivity index (χ4v) is 4.77. The molecule has 2 aliphatic heterocycles. The highest BCUT2D eigenvalue weighted by molar-refractivity contribution is 5.98. The van der Waals surface area contributed by atoms with Crippen molar-refractivity contribution in [2.75, 3.05) is 9.80 Å². The van der Waals surface area contributed by atoms with E-state index in [1.165, 1.54) is 37.5 Å². The average molecular weight is 434 g/mol. The van der Waals surface area contributed by atoms with E-state index in [9.17, 15) is 19.2 Å². The monoisotopic (exact) mass is 434 g/mol. The molecule has 0 bridgehead atoms.